The molecule has 1 unspecified atom stereocenters. The molecule has 0 spiro atoms. The van der Waals surface area contributed by atoms with E-state index in [0.29, 0.717) is 6.92 Å². The van der Waals surface area contributed by atoms with Crippen LogP contribution in [0.25, 0.3) is 0 Å². The standard InChI is InChI=1S/C8H13F2NOS/c1-7(2)5(4-13-7)11-6(12)8(3,9)10/h5H,4H2,1-3H3,(H,11,12). The summed E-state index contributed by atoms with van der Waals surface area (Å²) in [5.41, 5.74) is 0. The minimum Gasteiger partial charge on any atom is -0.346 e. The van der Waals surface area contributed by atoms with Crippen molar-refractivity contribution in [1.29, 1.82) is 0 Å². The minimum absolute atomic E-state index is 0.110. The van der Waals surface area contributed by atoms with Gasteiger partial charge < -0.3 is 5.32 Å². The van der Waals surface area contributed by atoms with Crippen molar-refractivity contribution < 1.29 is 13.6 Å². The van der Waals surface area contributed by atoms with Gasteiger partial charge in [0.05, 0.1) is 6.04 Å². The first-order valence-electron chi connectivity index (χ1n) is 4.06. The molecule has 0 aromatic heterocycles. The molecule has 1 heterocycles. The van der Waals surface area contributed by atoms with Gasteiger partial charge in [-0.3, -0.25) is 4.79 Å². The Morgan fingerprint density at radius 1 is 1.62 bits per heavy atom. The Kier molecular flexibility index (Phi) is 2.58. The number of carbonyl (C=O) groups is 1. The molecule has 13 heavy (non-hydrogen) atoms. The van der Waals surface area contributed by atoms with Crippen LogP contribution >= 0.6 is 11.8 Å². The highest BCUT2D eigenvalue weighted by atomic mass is 32.2. The summed E-state index contributed by atoms with van der Waals surface area (Å²) >= 11 is 1.66. The van der Waals surface area contributed by atoms with Gasteiger partial charge in [0, 0.05) is 17.4 Å². The lowest BCUT2D eigenvalue weighted by molar-refractivity contribution is -0.144. The molecule has 0 aromatic carbocycles. The number of hydrogen-bond donors (Lipinski definition) is 1. The number of amides is 1. The molecule has 1 aliphatic heterocycles. The van der Waals surface area contributed by atoms with Crippen LogP contribution in [0.5, 0.6) is 0 Å². The Labute approximate surface area is 80.5 Å². The van der Waals surface area contributed by atoms with E-state index in [4.69, 9.17) is 0 Å². The molecule has 0 radical (unpaired) electrons. The monoisotopic (exact) mass is 209 g/mol. The van der Waals surface area contributed by atoms with Crippen LogP contribution in [0.1, 0.15) is 20.8 Å². The summed E-state index contributed by atoms with van der Waals surface area (Å²) in [6, 6.07) is -0.129. The molecule has 2 nitrogen and oxygen atoms in total. The Morgan fingerprint density at radius 3 is 2.38 bits per heavy atom. The highest BCUT2D eigenvalue weighted by Gasteiger charge is 2.43. The largest absolute Gasteiger partial charge is 0.346 e. The predicted molar refractivity (Wildman–Crippen MR) is 49.1 cm³/mol. The number of nitrogens with one attached hydrogen (secondary N) is 1. The van der Waals surface area contributed by atoms with Crippen LogP contribution in [0.3, 0.4) is 0 Å². The van der Waals surface area contributed by atoms with Gasteiger partial charge in [0.15, 0.2) is 0 Å². The smallest absolute Gasteiger partial charge is 0.321 e. The average Bonchev–Trinajstić information content (AvgIpc) is 1.96. The van der Waals surface area contributed by atoms with Crippen LogP contribution in [0.4, 0.5) is 8.78 Å². The van der Waals surface area contributed by atoms with Crippen molar-refractivity contribution >= 4 is 17.7 Å². The van der Waals surface area contributed by atoms with Gasteiger partial charge in [-0.1, -0.05) is 0 Å². The van der Waals surface area contributed by atoms with E-state index in [9.17, 15) is 13.6 Å². The van der Waals surface area contributed by atoms with E-state index in [0.717, 1.165) is 5.75 Å². The normalized spacial score (nSPS) is 26.4. The fourth-order valence-corrected chi connectivity index (χ4v) is 2.14. The molecule has 1 atom stereocenters. The van der Waals surface area contributed by atoms with Crippen molar-refractivity contribution in [2.24, 2.45) is 0 Å². The molecule has 1 rings (SSSR count). The molecular weight excluding hydrogens is 196 g/mol. The van der Waals surface area contributed by atoms with Crippen molar-refractivity contribution in [1.82, 2.24) is 5.32 Å². The van der Waals surface area contributed by atoms with Gasteiger partial charge in [0.1, 0.15) is 0 Å². The maximum atomic E-state index is 12.5. The molecule has 76 valence electrons. The summed E-state index contributed by atoms with van der Waals surface area (Å²) in [6.45, 7) is 4.47. The third-order valence-corrected chi connectivity index (χ3v) is 3.69. The van der Waals surface area contributed by atoms with Crippen molar-refractivity contribution in [3.8, 4) is 0 Å². The molecular formula is C8H13F2NOS. The third kappa shape index (κ3) is 2.33. The third-order valence-electron chi connectivity index (χ3n) is 2.17. The zero-order chi connectivity index (χ0) is 10.3. The van der Waals surface area contributed by atoms with Crippen LogP contribution in [0.2, 0.25) is 0 Å². The topological polar surface area (TPSA) is 29.1 Å². The number of hydrogen-bond acceptors (Lipinski definition) is 2. The van der Waals surface area contributed by atoms with Crippen molar-refractivity contribution in [3.05, 3.63) is 0 Å². The van der Waals surface area contributed by atoms with Crippen LogP contribution in [0.15, 0.2) is 0 Å². The Hall–Kier alpha value is -0.320. The SMILES string of the molecule is CC(F)(F)C(=O)NC1CSC1(C)C. The molecule has 0 aliphatic carbocycles. The fraction of sp³-hybridized carbons (Fsp3) is 0.875. The minimum atomic E-state index is -3.27. The lowest BCUT2D eigenvalue weighted by Gasteiger charge is -2.44. The first kappa shape index (κ1) is 10.8. The first-order chi connectivity index (χ1) is 5.73. The molecule has 0 saturated carbocycles. The van der Waals surface area contributed by atoms with Crippen LogP contribution < -0.4 is 5.32 Å². The summed E-state index contributed by atoms with van der Waals surface area (Å²) in [6.07, 6.45) is 0. The zero-order valence-electron chi connectivity index (χ0n) is 7.86. The van der Waals surface area contributed by atoms with Gasteiger partial charge in [-0.25, -0.2) is 0 Å². The van der Waals surface area contributed by atoms with Gasteiger partial charge in [-0.2, -0.15) is 20.5 Å². The zero-order valence-corrected chi connectivity index (χ0v) is 8.67. The predicted octanol–water partition coefficient (Wildman–Crippen LogP) is 1.65. The summed E-state index contributed by atoms with van der Waals surface area (Å²) in [7, 11) is 0. The van der Waals surface area contributed by atoms with Crippen molar-refractivity contribution in [2.45, 2.75) is 37.5 Å². The fourth-order valence-electron chi connectivity index (χ4n) is 1.00. The molecule has 1 aliphatic rings. The van der Waals surface area contributed by atoms with E-state index in [-0.39, 0.29) is 10.8 Å². The molecule has 5 heteroatoms. The Balaban J connectivity index is 2.47. The van der Waals surface area contributed by atoms with Crippen molar-refractivity contribution in [3.63, 3.8) is 0 Å². The Bertz CT molecular complexity index is 225. The van der Waals surface area contributed by atoms with Crippen LogP contribution in [-0.4, -0.2) is 28.4 Å². The van der Waals surface area contributed by atoms with Gasteiger partial charge in [0.2, 0.25) is 0 Å². The summed E-state index contributed by atoms with van der Waals surface area (Å²) in [4.78, 5) is 10.9. The molecule has 0 aromatic rings. The van der Waals surface area contributed by atoms with Crippen LogP contribution in [-0.2, 0) is 4.79 Å². The van der Waals surface area contributed by atoms with E-state index in [1.807, 2.05) is 13.8 Å². The number of alkyl halides is 2. The van der Waals surface area contributed by atoms with Crippen LogP contribution in [0, 0.1) is 0 Å². The highest BCUT2D eigenvalue weighted by Crippen LogP contribution is 2.40. The number of halogens is 2. The number of carbonyl (C=O) groups excluding carboxylic acids is 1. The maximum Gasteiger partial charge on any atom is 0.321 e. The van der Waals surface area contributed by atoms with Gasteiger partial charge in [-0.15, -0.1) is 0 Å². The second-order valence-electron chi connectivity index (χ2n) is 3.83. The van der Waals surface area contributed by atoms with Gasteiger partial charge in [-0.05, 0) is 13.8 Å². The highest BCUT2D eigenvalue weighted by molar-refractivity contribution is 8.02. The molecule has 1 fully saturated rings. The maximum absolute atomic E-state index is 12.5. The van der Waals surface area contributed by atoms with Crippen molar-refractivity contribution in [2.75, 3.05) is 5.75 Å². The molecule has 1 saturated heterocycles. The van der Waals surface area contributed by atoms with Gasteiger partial charge in [0.25, 0.3) is 5.91 Å². The lowest BCUT2D eigenvalue weighted by atomic mass is 10.0. The Morgan fingerprint density at radius 2 is 2.15 bits per heavy atom. The first-order valence-corrected chi connectivity index (χ1v) is 5.05. The summed E-state index contributed by atoms with van der Waals surface area (Å²) < 4.78 is 24.8. The summed E-state index contributed by atoms with van der Waals surface area (Å²) in [5, 5.41) is 2.34. The molecule has 1 amide bonds. The second kappa shape index (κ2) is 3.12. The molecule has 0 bridgehead atoms. The second-order valence-corrected chi connectivity index (χ2v) is 5.50. The van der Waals surface area contributed by atoms with E-state index in [1.165, 1.54) is 0 Å². The van der Waals surface area contributed by atoms with E-state index >= 15 is 0 Å². The lowest BCUT2D eigenvalue weighted by Crippen LogP contribution is -2.58. The quantitative estimate of drug-likeness (QED) is 0.749. The number of thioether (sulfide) groups is 1. The molecule has 1 N–H and O–H groups in total. The van der Waals surface area contributed by atoms with E-state index in [2.05, 4.69) is 5.32 Å². The van der Waals surface area contributed by atoms with E-state index < -0.39 is 11.8 Å². The number of rotatable bonds is 2. The summed E-state index contributed by atoms with van der Waals surface area (Å²) in [5.74, 6) is -3.73. The van der Waals surface area contributed by atoms with E-state index in [1.54, 1.807) is 11.8 Å². The average molecular weight is 209 g/mol. The van der Waals surface area contributed by atoms with Gasteiger partial charge >= 0.3 is 5.92 Å².